The van der Waals surface area contributed by atoms with Crippen LogP contribution in [-0.4, -0.2) is 0 Å². The summed E-state index contributed by atoms with van der Waals surface area (Å²) in [5, 5.41) is 2.28. The second-order valence-electron chi connectivity index (χ2n) is 3.04. The maximum absolute atomic E-state index is 5.84. The highest BCUT2D eigenvalue weighted by Gasteiger charge is 2.06. The van der Waals surface area contributed by atoms with Crippen LogP contribution in [-0.2, 0) is 0 Å². The van der Waals surface area contributed by atoms with Gasteiger partial charge < -0.3 is 5.73 Å². The van der Waals surface area contributed by atoms with E-state index < -0.39 is 0 Å². The van der Waals surface area contributed by atoms with Gasteiger partial charge in [-0.25, -0.2) is 0 Å². The maximum Gasteiger partial charge on any atom is 0.0898 e. The molecule has 0 bridgehead atoms. The molecule has 0 unspecified atom stereocenters. The zero-order valence-electron chi connectivity index (χ0n) is 7.22. The number of anilines is 1. The van der Waals surface area contributed by atoms with Gasteiger partial charge in [0.2, 0.25) is 0 Å². The third-order valence-electron chi connectivity index (χ3n) is 2.20. The molecule has 0 fully saturated rings. The fraction of sp³-hybridized carbons (Fsp3) is 0.200. The SMILES string of the molecule is Cc1cccc2sc(N)c(C)c12. The Labute approximate surface area is 75.8 Å². The van der Waals surface area contributed by atoms with Crippen LogP contribution in [0, 0.1) is 13.8 Å². The van der Waals surface area contributed by atoms with E-state index in [1.54, 1.807) is 11.3 Å². The third kappa shape index (κ3) is 0.916. The van der Waals surface area contributed by atoms with Gasteiger partial charge in [-0.05, 0) is 31.0 Å². The highest BCUT2D eigenvalue weighted by atomic mass is 32.1. The van der Waals surface area contributed by atoms with Gasteiger partial charge in [0.15, 0.2) is 0 Å². The van der Waals surface area contributed by atoms with Gasteiger partial charge in [-0.2, -0.15) is 0 Å². The smallest absolute Gasteiger partial charge is 0.0898 e. The number of hydrogen-bond acceptors (Lipinski definition) is 2. The summed E-state index contributed by atoms with van der Waals surface area (Å²) in [5.74, 6) is 0. The fourth-order valence-corrected chi connectivity index (χ4v) is 2.58. The Morgan fingerprint density at radius 3 is 2.67 bits per heavy atom. The van der Waals surface area contributed by atoms with Gasteiger partial charge in [0, 0.05) is 10.1 Å². The molecule has 0 spiro atoms. The minimum absolute atomic E-state index is 0.944. The van der Waals surface area contributed by atoms with E-state index >= 15 is 0 Å². The van der Waals surface area contributed by atoms with Crippen molar-refractivity contribution in [3.05, 3.63) is 29.3 Å². The Morgan fingerprint density at radius 1 is 1.25 bits per heavy atom. The van der Waals surface area contributed by atoms with Crippen LogP contribution < -0.4 is 5.73 Å². The lowest BCUT2D eigenvalue weighted by Crippen LogP contribution is -1.81. The zero-order chi connectivity index (χ0) is 8.72. The van der Waals surface area contributed by atoms with E-state index in [0.29, 0.717) is 0 Å². The van der Waals surface area contributed by atoms with Gasteiger partial charge in [-0.1, -0.05) is 12.1 Å². The number of fused-ring (bicyclic) bond motifs is 1. The van der Waals surface area contributed by atoms with E-state index in [4.69, 9.17) is 5.73 Å². The van der Waals surface area contributed by atoms with Crippen molar-refractivity contribution in [1.82, 2.24) is 0 Å². The molecule has 1 aromatic carbocycles. The molecule has 2 rings (SSSR count). The van der Waals surface area contributed by atoms with Gasteiger partial charge in [0.05, 0.1) is 5.00 Å². The van der Waals surface area contributed by atoms with E-state index in [1.165, 1.54) is 21.2 Å². The molecule has 0 amide bonds. The van der Waals surface area contributed by atoms with Crippen LogP contribution >= 0.6 is 11.3 Å². The number of thiophene rings is 1. The van der Waals surface area contributed by atoms with Crippen LogP contribution in [0.15, 0.2) is 18.2 Å². The number of aryl methyl sites for hydroxylation is 2. The van der Waals surface area contributed by atoms with Crippen molar-refractivity contribution in [2.24, 2.45) is 0 Å². The van der Waals surface area contributed by atoms with E-state index in [1.807, 2.05) is 0 Å². The number of benzene rings is 1. The Morgan fingerprint density at radius 2 is 2.00 bits per heavy atom. The number of rotatable bonds is 0. The summed E-state index contributed by atoms with van der Waals surface area (Å²) >= 11 is 1.67. The molecule has 0 saturated carbocycles. The number of nitrogens with two attached hydrogens (primary N) is 1. The molecule has 0 aliphatic rings. The highest BCUT2D eigenvalue weighted by Crippen LogP contribution is 2.34. The van der Waals surface area contributed by atoms with Gasteiger partial charge in [-0.15, -0.1) is 11.3 Å². The molecule has 1 nitrogen and oxygen atoms in total. The molecule has 0 atom stereocenters. The molecule has 2 aromatic rings. The van der Waals surface area contributed by atoms with Crippen LogP contribution in [0.1, 0.15) is 11.1 Å². The quantitative estimate of drug-likeness (QED) is 0.657. The summed E-state index contributed by atoms with van der Waals surface area (Å²) in [6.45, 7) is 4.21. The van der Waals surface area contributed by atoms with Gasteiger partial charge in [-0.3, -0.25) is 0 Å². The third-order valence-corrected chi connectivity index (χ3v) is 3.29. The lowest BCUT2D eigenvalue weighted by molar-refractivity contribution is 1.50. The summed E-state index contributed by atoms with van der Waals surface area (Å²) in [5.41, 5.74) is 8.39. The summed E-state index contributed by atoms with van der Waals surface area (Å²) in [6.07, 6.45) is 0. The lowest BCUT2D eigenvalue weighted by Gasteiger charge is -1.95. The highest BCUT2D eigenvalue weighted by molar-refractivity contribution is 7.22. The minimum atomic E-state index is 0.944. The van der Waals surface area contributed by atoms with Gasteiger partial charge >= 0.3 is 0 Å². The molecule has 0 saturated heterocycles. The summed E-state index contributed by atoms with van der Waals surface area (Å²) < 4.78 is 1.30. The summed E-state index contributed by atoms with van der Waals surface area (Å²) in [7, 11) is 0. The van der Waals surface area contributed by atoms with Crippen molar-refractivity contribution in [3.63, 3.8) is 0 Å². The molecule has 1 aromatic heterocycles. The normalized spacial score (nSPS) is 10.8. The van der Waals surface area contributed by atoms with E-state index in [2.05, 4.69) is 32.0 Å². The van der Waals surface area contributed by atoms with E-state index in [0.717, 1.165) is 5.00 Å². The monoisotopic (exact) mass is 177 g/mol. The van der Waals surface area contributed by atoms with Gasteiger partial charge in [0.25, 0.3) is 0 Å². The molecule has 0 aliphatic heterocycles. The zero-order valence-corrected chi connectivity index (χ0v) is 8.03. The Hall–Kier alpha value is -1.02. The molecule has 0 aliphatic carbocycles. The van der Waals surface area contributed by atoms with E-state index in [9.17, 15) is 0 Å². The largest absolute Gasteiger partial charge is 0.390 e. The Kier molecular flexibility index (Phi) is 1.58. The summed E-state index contributed by atoms with van der Waals surface area (Å²) in [4.78, 5) is 0. The topological polar surface area (TPSA) is 26.0 Å². The van der Waals surface area contributed by atoms with Crippen LogP contribution in [0.25, 0.3) is 10.1 Å². The lowest BCUT2D eigenvalue weighted by atomic mass is 10.1. The molecule has 62 valence electrons. The minimum Gasteiger partial charge on any atom is -0.390 e. The van der Waals surface area contributed by atoms with Crippen LogP contribution in [0.4, 0.5) is 5.00 Å². The Bertz CT molecular complexity index is 429. The first-order valence-electron chi connectivity index (χ1n) is 3.94. The van der Waals surface area contributed by atoms with Crippen LogP contribution in [0.2, 0.25) is 0 Å². The van der Waals surface area contributed by atoms with Crippen molar-refractivity contribution in [3.8, 4) is 0 Å². The average molecular weight is 177 g/mol. The molecular weight excluding hydrogens is 166 g/mol. The molecule has 2 heteroatoms. The predicted octanol–water partition coefficient (Wildman–Crippen LogP) is 3.10. The van der Waals surface area contributed by atoms with Crippen molar-refractivity contribution in [1.29, 1.82) is 0 Å². The molecular formula is C10H11NS. The fourth-order valence-electron chi connectivity index (χ4n) is 1.52. The summed E-state index contributed by atoms with van der Waals surface area (Å²) in [6, 6.07) is 6.32. The second kappa shape index (κ2) is 2.49. The van der Waals surface area contributed by atoms with Crippen molar-refractivity contribution < 1.29 is 0 Å². The van der Waals surface area contributed by atoms with Crippen LogP contribution in [0.3, 0.4) is 0 Å². The Balaban J connectivity index is 2.97. The predicted molar refractivity (Wildman–Crippen MR) is 55.7 cm³/mol. The molecule has 1 heterocycles. The first kappa shape index (κ1) is 7.62. The number of hydrogen-bond donors (Lipinski definition) is 1. The van der Waals surface area contributed by atoms with E-state index in [-0.39, 0.29) is 0 Å². The number of nitrogen functional groups attached to an aromatic ring is 1. The molecule has 0 radical (unpaired) electrons. The molecule has 12 heavy (non-hydrogen) atoms. The van der Waals surface area contributed by atoms with Crippen LogP contribution in [0.5, 0.6) is 0 Å². The van der Waals surface area contributed by atoms with Crippen molar-refractivity contribution >= 4 is 26.4 Å². The standard InChI is InChI=1S/C10H11NS/c1-6-4-3-5-8-9(6)7(2)10(11)12-8/h3-5H,11H2,1-2H3. The average Bonchev–Trinajstić information content (AvgIpc) is 2.29. The first-order chi connectivity index (χ1) is 5.70. The van der Waals surface area contributed by atoms with Crippen molar-refractivity contribution in [2.45, 2.75) is 13.8 Å². The first-order valence-corrected chi connectivity index (χ1v) is 4.76. The van der Waals surface area contributed by atoms with Gasteiger partial charge in [0.1, 0.15) is 0 Å². The second-order valence-corrected chi connectivity index (χ2v) is 4.12. The van der Waals surface area contributed by atoms with Crippen molar-refractivity contribution in [2.75, 3.05) is 5.73 Å². The maximum atomic E-state index is 5.84. The molecule has 2 N–H and O–H groups in total.